The summed E-state index contributed by atoms with van der Waals surface area (Å²) >= 11 is 7.63. The van der Waals surface area contributed by atoms with Gasteiger partial charge >= 0.3 is 0 Å². The van der Waals surface area contributed by atoms with Crippen LogP contribution in [0.4, 0.5) is 0 Å². The van der Waals surface area contributed by atoms with Crippen LogP contribution in [0.15, 0.2) is 30.3 Å². The molecule has 2 N–H and O–H groups in total. The Morgan fingerprint density at radius 3 is 2.35 bits per heavy atom. The largest absolute Gasteiger partial charge is 0.329 e. The lowest BCUT2D eigenvalue weighted by atomic mass is 9.95. The highest BCUT2D eigenvalue weighted by Crippen LogP contribution is 2.29. The van der Waals surface area contributed by atoms with E-state index in [2.05, 4.69) is 50.1 Å². The van der Waals surface area contributed by atoms with Gasteiger partial charge in [-0.15, -0.1) is 11.3 Å². The number of halogens is 1. The molecule has 108 valence electrons. The summed E-state index contributed by atoms with van der Waals surface area (Å²) in [4.78, 5) is 3.57. The Kier molecular flexibility index (Phi) is 5.22. The van der Waals surface area contributed by atoms with Crippen molar-refractivity contribution in [1.29, 1.82) is 0 Å². The number of nitrogens with zero attached hydrogens (tertiary/aromatic N) is 1. The van der Waals surface area contributed by atoms with Crippen LogP contribution in [0.25, 0.3) is 0 Å². The molecular weight excluding hydrogens is 288 g/mol. The van der Waals surface area contributed by atoms with Gasteiger partial charge < -0.3 is 5.73 Å². The van der Waals surface area contributed by atoms with E-state index in [0.29, 0.717) is 6.54 Å². The highest BCUT2D eigenvalue weighted by Gasteiger charge is 2.19. The molecule has 2 nitrogen and oxygen atoms in total. The summed E-state index contributed by atoms with van der Waals surface area (Å²) in [5.41, 5.74) is 9.99. The summed E-state index contributed by atoms with van der Waals surface area (Å²) in [6.45, 7) is 5.79. The van der Waals surface area contributed by atoms with Crippen molar-refractivity contribution in [2.75, 3.05) is 13.6 Å². The van der Waals surface area contributed by atoms with E-state index in [-0.39, 0.29) is 6.04 Å². The van der Waals surface area contributed by atoms with Crippen molar-refractivity contribution >= 4 is 22.9 Å². The van der Waals surface area contributed by atoms with E-state index in [9.17, 15) is 0 Å². The van der Waals surface area contributed by atoms with Crippen LogP contribution in [0.1, 0.15) is 27.6 Å². The molecule has 0 aliphatic heterocycles. The number of benzene rings is 1. The van der Waals surface area contributed by atoms with E-state index in [0.717, 1.165) is 10.9 Å². The van der Waals surface area contributed by atoms with Gasteiger partial charge in [0.25, 0.3) is 0 Å². The van der Waals surface area contributed by atoms with Gasteiger partial charge in [0.2, 0.25) is 0 Å². The van der Waals surface area contributed by atoms with Crippen LogP contribution in [0.3, 0.4) is 0 Å². The smallest absolute Gasteiger partial charge is 0.0931 e. The molecule has 1 aromatic heterocycles. The second-order valence-corrected chi connectivity index (χ2v) is 6.98. The highest BCUT2D eigenvalue weighted by molar-refractivity contribution is 7.16. The average molecular weight is 309 g/mol. The van der Waals surface area contributed by atoms with Crippen molar-refractivity contribution in [1.82, 2.24) is 4.90 Å². The van der Waals surface area contributed by atoms with Crippen LogP contribution in [-0.4, -0.2) is 18.5 Å². The number of nitrogens with two attached hydrogens (primary N) is 1. The number of thiophene rings is 1. The molecule has 0 spiro atoms. The standard InChI is InChI=1S/C16H21ClN2S/c1-11-5-4-6-12(2)16(11)14(9-18)19(3)10-13-7-8-15(17)20-13/h4-8,14H,9-10,18H2,1-3H3. The highest BCUT2D eigenvalue weighted by atomic mass is 35.5. The molecule has 1 unspecified atom stereocenters. The zero-order valence-corrected chi connectivity index (χ0v) is 13.8. The Morgan fingerprint density at radius 1 is 1.20 bits per heavy atom. The van der Waals surface area contributed by atoms with E-state index in [1.165, 1.54) is 21.6 Å². The first kappa shape index (κ1) is 15.5. The predicted molar refractivity (Wildman–Crippen MR) is 88.5 cm³/mol. The van der Waals surface area contributed by atoms with Crippen LogP contribution < -0.4 is 5.73 Å². The lowest BCUT2D eigenvalue weighted by Gasteiger charge is -2.29. The maximum Gasteiger partial charge on any atom is 0.0931 e. The summed E-state index contributed by atoms with van der Waals surface area (Å²) in [7, 11) is 2.12. The molecule has 4 heteroatoms. The van der Waals surface area contributed by atoms with Crippen LogP contribution in [0.5, 0.6) is 0 Å². The van der Waals surface area contributed by atoms with Gasteiger partial charge in [-0.05, 0) is 49.7 Å². The van der Waals surface area contributed by atoms with Gasteiger partial charge in [0.15, 0.2) is 0 Å². The fourth-order valence-corrected chi connectivity index (χ4v) is 3.81. The molecule has 0 fully saturated rings. The Balaban J connectivity index is 2.23. The Bertz CT molecular complexity index is 559. The molecule has 0 saturated carbocycles. The summed E-state index contributed by atoms with van der Waals surface area (Å²) in [6.07, 6.45) is 0. The molecule has 0 aliphatic rings. The lowest BCUT2D eigenvalue weighted by Crippen LogP contribution is -2.31. The zero-order valence-electron chi connectivity index (χ0n) is 12.2. The van der Waals surface area contributed by atoms with E-state index in [1.54, 1.807) is 11.3 Å². The quantitative estimate of drug-likeness (QED) is 0.899. The van der Waals surface area contributed by atoms with Crippen molar-refractivity contribution < 1.29 is 0 Å². The normalized spacial score (nSPS) is 12.9. The van der Waals surface area contributed by atoms with Gasteiger partial charge in [-0.3, -0.25) is 4.90 Å². The molecule has 1 heterocycles. The van der Waals surface area contributed by atoms with Gasteiger partial charge in [-0.2, -0.15) is 0 Å². The third-order valence-corrected chi connectivity index (χ3v) is 4.88. The van der Waals surface area contributed by atoms with Crippen molar-refractivity contribution in [2.45, 2.75) is 26.4 Å². The number of hydrogen-bond acceptors (Lipinski definition) is 3. The second-order valence-electron chi connectivity index (χ2n) is 5.18. The molecule has 2 rings (SSSR count). The molecule has 0 bridgehead atoms. The van der Waals surface area contributed by atoms with Gasteiger partial charge in [-0.1, -0.05) is 29.8 Å². The first-order chi connectivity index (χ1) is 9.52. The van der Waals surface area contributed by atoms with Crippen molar-refractivity contribution in [3.05, 3.63) is 56.2 Å². The number of aryl methyl sites for hydroxylation is 2. The average Bonchev–Trinajstić information content (AvgIpc) is 2.79. The van der Waals surface area contributed by atoms with E-state index >= 15 is 0 Å². The summed E-state index contributed by atoms with van der Waals surface area (Å²) in [5, 5.41) is 0. The van der Waals surface area contributed by atoms with Crippen LogP contribution in [0.2, 0.25) is 4.34 Å². The molecule has 0 saturated heterocycles. The van der Waals surface area contributed by atoms with Gasteiger partial charge in [-0.25, -0.2) is 0 Å². The van der Waals surface area contributed by atoms with Crippen molar-refractivity contribution in [3.8, 4) is 0 Å². The van der Waals surface area contributed by atoms with Crippen LogP contribution in [-0.2, 0) is 6.54 Å². The molecule has 0 aliphatic carbocycles. The van der Waals surface area contributed by atoms with Gasteiger partial charge in [0.1, 0.15) is 0 Å². The maximum absolute atomic E-state index is 6.04. The Morgan fingerprint density at radius 2 is 1.85 bits per heavy atom. The monoisotopic (exact) mass is 308 g/mol. The molecular formula is C16H21ClN2S. The third kappa shape index (κ3) is 3.41. The topological polar surface area (TPSA) is 29.3 Å². The van der Waals surface area contributed by atoms with Gasteiger partial charge in [0, 0.05) is 24.0 Å². The molecule has 1 atom stereocenters. The fourth-order valence-electron chi connectivity index (χ4n) is 2.66. The SMILES string of the molecule is Cc1cccc(C)c1C(CN)N(C)Cc1ccc(Cl)s1. The number of rotatable bonds is 5. The summed E-state index contributed by atoms with van der Waals surface area (Å²) in [6, 6.07) is 10.7. The maximum atomic E-state index is 6.04. The lowest BCUT2D eigenvalue weighted by molar-refractivity contribution is 0.242. The minimum Gasteiger partial charge on any atom is -0.329 e. The second kappa shape index (κ2) is 6.72. The van der Waals surface area contributed by atoms with E-state index in [1.807, 2.05) is 6.07 Å². The Labute approximate surface area is 130 Å². The summed E-state index contributed by atoms with van der Waals surface area (Å²) in [5.74, 6) is 0. The third-order valence-electron chi connectivity index (χ3n) is 3.66. The van der Waals surface area contributed by atoms with Crippen LogP contribution >= 0.6 is 22.9 Å². The number of likely N-dealkylation sites (N-methyl/N-ethyl adjacent to an activating group) is 1. The predicted octanol–water partition coefficient (Wildman–Crippen LogP) is 4.15. The molecule has 20 heavy (non-hydrogen) atoms. The van der Waals surface area contributed by atoms with E-state index in [4.69, 9.17) is 17.3 Å². The molecule has 2 aromatic rings. The van der Waals surface area contributed by atoms with E-state index < -0.39 is 0 Å². The molecule has 0 radical (unpaired) electrons. The van der Waals surface area contributed by atoms with Crippen molar-refractivity contribution in [2.24, 2.45) is 5.73 Å². The fraction of sp³-hybridized carbons (Fsp3) is 0.375. The molecule has 0 amide bonds. The first-order valence-electron chi connectivity index (χ1n) is 6.73. The Hall–Kier alpha value is -0.870. The minimum atomic E-state index is 0.233. The molecule has 1 aromatic carbocycles. The van der Waals surface area contributed by atoms with Crippen molar-refractivity contribution in [3.63, 3.8) is 0 Å². The van der Waals surface area contributed by atoms with Crippen LogP contribution in [0, 0.1) is 13.8 Å². The minimum absolute atomic E-state index is 0.233. The summed E-state index contributed by atoms with van der Waals surface area (Å²) < 4.78 is 0.838. The first-order valence-corrected chi connectivity index (χ1v) is 7.93. The van der Waals surface area contributed by atoms with Gasteiger partial charge in [0.05, 0.1) is 4.34 Å². The number of hydrogen-bond donors (Lipinski definition) is 1. The zero-order chi connectivity index (χ0) is 14.7.